The van der Waals surface area contributed by atoms with E-state index in [0.29, 0.717) is 11.7 Å². The van der Waals surface area contributed by atoms with E-state index in [1.54, 1.807) is 0 Å². The first-order chi connectivity index (χ1) is 4.66. The molecular weight excluding hydrogens is 148 g/mol. The van der Waals surface area contributed by atoms with Gasteiger partial charge in [0.25, 0.3) is 0 Å². The minimum atomic E-state index is 0.0566. The Balaban J connectivity index is 3.35. The molecule has 0 heterocycles. The van der Waals surface area contributed by atoms with Crippen molar-refractivity contribution in [3.05, 3.63) is 0 Å². The zero-order valence-corrected chi connectivity index (χ0v) is 7.16. The van der Waals surface area contributed by atoms with E-state index < -0.39 is 0 Å². The van der Waals surface area contributed by atoms with E-state index in [1.165, 1.54) is 6.92 Å². The quantitative estimate of drug-likeness (QED) is 0.586. The maximum atomic E-state index is 10.4. The van der Waals surface area contributed by atoms with Crippen LogP contribution in [0.15, 0.2) is 0 Å². The van der Waals surface area contributed by atoms with Crippen LogP contribution in [0.1, 0.15) is 26.7 Å². The third-order valence-corrected chi connectivity index (χ3v) is 1.12. The smallest absolute Gasteiger partial charge is 0.167 e. The highest BCUT2D eigenvalue weighted by Crippen LogP contribution is 1.92. The van der Waals surface area contributed by atoms with Gasteiger partial charge in [-0.25, -0.2) is 0 Å². The highest BCUT2D eigenvalue weighted by atomic mass is 32.1. The zero-order chi connectivity index (χ0) is 7.98. The average molecular weight is 160 g/mol. The zero-order valence-electron chi connectivity index (χ0n) is 6.35. The fourth-order valence-electron chi connectivity index (χ4n) is 0.470. The van der Waals surface area contributed by atoms with Crippen LogP contribution in [0.3, 0.4) is 0 Å². The third kappa shape index (κ3) is 5.69. The van der Waals surface area contributed by atoms with Gasteiger partial charge < -0.3 is 4.74 Å². The molecule has 0 atom stereocenters. The number of hydrogen-bond donors (Lipinski definition) is 0. The number of carbonyl (C=O) groups is 1. The van der Waals surface area contributed by atoms with Crippen LogP contribution < -0.4 is 0 Å². The highest BCUT2D eigenvalue weighted by Gasteiger charge is 1.99. The van der Waals surface area contributed by atoms with E-state index in [-0.39, 0.29) is 12.2 Å². The van der Waals surface area contributed by atoms with Gasteiger partial charge in [-0.05, 0) is 25.6 Å². The van der Waals surface area contributed by atoms with Crippen LogP contribution in [0.4, 0.5) is 0 Å². The van der Waals surface area contributed by atoms with Crippen LogP contribution >= 0.6 is 12.2 Å². The molecule has 0 spiro atoms. The van der Waals surface area contributed by atoms with Crippen LogP contribution in [0.5, 0.6) is 0 Å². The molecule has 0 aliphatic heterocycles. The van der Waals surface area contributed by atoms with Crippen molar-refractivity contribution in [2.75, 3.05) is 6.61 Å². The van der Waals surface area contributed by atoms with E-state index in [2.05, 4.69) is 0 Å². The second-order valence-corrected chi connectivity index (χ2v) is 2.55. The van der Waals surface area contributed by atoms with Gasteiger partial charge in [0.2, 0.25) is 0 Å². The SMILES string of the molecule is CCCOC(=S)CC(C)=O. The van der Waals surface area contributed by atoms with E-state index in [4.69, 9.17) is 17.0 Å². The van der Waals surface area contributed by atoms with E-state index in [9.17, 15) is 4.79 Å². The summed E-state index contributed by atoms with van der Waals surface area (Å²) in [5.74, 6) is 0.0566. The summed E-state index contributed by atoms with van der Waals surface area (Å²) in [5.41, 5.74) is 0. The first kappa shape index (κ1) is 9.56. The Hall–Kier alpha value is -0.440. The molecule has 0 amide bonds. The van der Waals surface area contributed by atoms with Gasteiger partial charge in [-0.2, -0.15) is 0 Å². The fraction of sp³-hybridized carbons (Fsp3) is 0.714. The summed E-state index contributed by atoms with van der Waals surface area (Å²) in [5, 5.41) is 0.411. The van der Waals surface area contributed by atoms with E-state index in [0.717, 1.165) is 6.42 Å². The number of hydrogen-bond acceptors (Lipinski definition) is 3. The lowest BCUT2D eigenvalue weighted by molar-refractivity contribution is -0.116. The molecule has 0 aromatic heterocycles. The second-order valence-electron chi connectivity index (χ2n) is 2.10. The van der Waals surface area contributed by atoms with Crippen molar-refractivity contribution in [3.63, 3.8) is 0 Å². The largest absolute Gasteiger partial charge is 0.487 e. The molecule has 0 aliphatic carbocycles. The third-order valence-electron chi connectivity index (χ3n) is 0.860. The topological polar surface area (TPSA) is 26.3 Å². The molecule has 2 nitrogen and oxygen atoms in total. The monoisotopic (exact) mass is 160 g/mol. The first-order valence-corrected chi connectivity index (χ1v) is 3.72. The maximum Gasteiger partial charge on any atom is 0.167 e. The lowest BCUT2D eigenvalue weighted by Gasteiger charge is -2.02. The predicted molar refractivity (Wildman–Crippen MR) is 44.1 cm³/mol. The van der Waals surface area contributed by atoms with Gasteiger partial charge in [0.15, 0.2) is 5.05 Å². The molecule has 0 aromatic rings. The maximum absolute atomic E-state index is 10.4. The standard InChI is InChI=1S/C7H12O2S/c1-3-4-9-7(10)5-6(2)8/h3-5H2,1-2H3. The summed E-state index contributed by atoms with van der Waals surface area (Å²) in [6.07, 6.45) is 1.20. The first-order valence-electron chi connectivity index (χ1n) is 3.32. The van der Waals surface area contributed by atoms with E-state index in [1.807, 2.05) is 6.92 Å². The minimum absolute atomic E-state index is 0.0566. The predicted octanol–water partition coefficient (Wildman–Crippen LogP) is 1.72. The summed E-state index contributed by atoms with van der Waals surface area (Å²) in [6.45, 7) is 4.12. The number of ether oxygens (including phenoxy) is 1. The van der Waals surface area contributed by atoms with Gasteiger partial charge in [-0.1, -0.05) is 6.92 Å². The molecule has 58 valence electrons. The molecule has 3 heteroatoms. The molecule has 0 fully saturated rings. The normalized spacial score (nSPS) is 9.00. The van der Waals surface area contributed by atoms with E-state index >= 15 is 0 Å². The Morgan fingerprint density at radius 2 is 2.20 bits per heavy atom. The van der Waals surface area contributed by atoms with Crippen molar-refractivity contribution in [1.82, 2.24) is 0 Å². The second kappa shape index (κ2) is 5.35. The molecule has 0 bridgehead atoms. The molecule has 0 N–H and O–H groups in total. The number of carbonyl (C=O) groups excluding carboxylic acids is 1. The Bertz CT molecular complexity index is 132. The minimum Gasteiger partial charge on any atom is -0.487 e. The summed E-state index contributed by atoms with van der Waals surface area (Å²) in [7, 11) is 0. The van der Waals surface area contributed by atoms with Gasteiger partial charge in [0.05, 0.1) is 13.0 Å². The number of thiocarbonyl (C=S) groups is 1. The molecule has 10 heavy (non-hydrogen) atoms. The number of ketones is 1. The van der Waals surface area contributed by atoms with Crippen LogP contribution in [-0.2, 0) is 9.53 Å². The van der Waals surface area contributed by atoms with Crippen molar-refractivity contribution in [2.45, 2.75) is 26.7 Å². The van der Waals surface area contributed by atoms with Crippen molar-refractivity contribution in [1.29, 1.82) is 0 Å². The van der Waals surface area contributed by atoms with Gasteiger partial charge >= 0.3 is 0 Å². The average Bonchev–Trinajstić information content (AvgIpc) is 1.82. The molecule has 0 unspecified atom stereocenters. The number of Topliss-reactive ketones (excluding diaryl/α,β-unsaturated/α-hetero) is 1. The van der Waals surface area contributed by atoms with Gasteiger partial charge in [-0.3, -0.25) is 4.79 Å². The van der Waals surface area contributed by atoms with Gasteiger partial charge in [0, 0.05) is 0 Å². The van der Waals surface area contributed by atoms with Crippen molar-refractivity contribution in [2.24, 2.45) is 0 Å². The van der Waals surface area contributed by atoms with Crippen LogP contribution in [0.2, 0.25) is 0 Å². The van der Waals surface area contributed by atoms with Crippen LogP contribution in [0.25, 0.3) is 0 Å². The lowest BCUT2D eigenvalue weighted by Crippen LogP contribution is -2.06. The summed E-state index contributed by atoms with van der Waals surface area (Å²) in [6, 6.07) is 0. The van der Waals surface area contributed by atoms with Crippen molar-refractivity contribution >= 4 is 23.1 Å². The molecule has 0 aromatic carbocycles. The Morgan fingerprint density at radius 3 is 2.60 bits per heavy atom. The Labute approximate surface area is 66.6 Å². The summed E-state index contributed by atoms with van der Waals surface area (Å²) >= 11 is 4.75. The molecule has 0 saturated heterocycles. The summed E-state index contributed by atoms with van der Waals surface area (Å²) < 4.78 is 5.01. The summed E-state index contributed by atoms with van der Waals surface area (Å²) in [4.78, 5) is 10.4. The molecule has 0 aliphatic rings. The van der Waals surface area contributed by atoms with Crippen LogP contribution in [-0.4, -0.2) is 17.4 Å². The Morgan fingerprint density at radius 1 is 1.60 bits per heavy atom. The fourth-order valence-corrected chi connectivity index (χ4v) is 0.757. The van der Waals surface area contributed by atoms with Crippen LogP contribution in [0, 0.1) is 0 Å². The van der Waals surface area contributed by atoms with Gasteiger partial charge in [-0.15, -0.1) is 0 Å². The molecular formula is C7H12O2S. The van der Waals surface area contributed by atoms with Gasteiger partial charge in [0.1, 0.15) is 5.78 Å². The molecule has 0 rings (SSSR count). The Kier molecular flexibility index (Phi) is 5.12. The lowest BCUT2D eigenvalue weighted by atomic mass is 10.3. The molecule has 0 saturated carbocycles. The van der Waals surface area contributed by atoms with Crippen molar-refractivity contribution < 1.29 is 9.53 Å². The number of rotatable bonds is 4. The molecule has 0 radical (unpaired) electrons. The highest BCUT2D eigenvalue weighted by molar-refractivity contribution is 7.80. The van der Waals surface area contributed by atoms with Crippen molar-refractivity contribution in [3.8, 4) is 0 Å².